The standard InChI is InChI=1S/C17H33N3O2/c1-17(2,3)22-16(21)20-15-8-6-14(7-9-15)19-12-13-5-4-10-18-11-13/h13-15,18-19H,4-12H2,1-3H3,(H,20,21). The van der Waals surface area contributed by atoms with E-state index in [4.69, 9.17) is 4.74 Å². The van der Waals surface area contributed by atoms with Gasteiger partial charge in [0.1, 0.15) is 5.60 Å². The molecule has 0 aromatic rings. The molecule has 0 bridgehead atoms. The molecule has 1 heterocycles. The topological polar surface area (TPSA) is 62.4 Å². The summed E-state index contributed by atoms with van der Waals surface area (Å²) in [6.45, 7) is 9.15. The SMILES string of the molecule is CC(C)(C)OC(=O)NC1CCC(NCC2CCCNC2)CC1. The Hall–Kier alpha value is -0.810. The Morgan fingerprint density at radius 3 is 2.41 bits per heavy atom. The van der Waals surface area contributed by atoms with Gasteiger partial charge in [0.25, 0.3) is 0 Å². The molecular formula is C17H33N3O2. The summed E-state index contributed by atoms with van der Waals surface area (Å²) in [4.78, 5) is 11.8. The predicted molar refractivity (Wildman–Crippen MR) is 89.0 cm³/mol. The van der Waals surface area contributed by atoms with Crippen molar-refractivity contribution in [3.05, 3.63) is 0 Å². The van der Waals surface area contributed by atoms with E-state index < -0.39 is 5.60 Å². The molecule has 1 saturated heterocycles. The van der Waals surface area contributed by atoms with Crippen molar-refractivity contribution in [1.82, 2.24) is 16.0 Å². The molecule has 2 fully saturated rings. The molecule has 1 amide bonds. The second-order valence-corrected chi connectivity index (χ2v) is 7.82. The van der Waals surface area contributed by atoms with Crippen molar-refractivity contribution in [2.24, 2.45) is 5.92 Å². The fourth-order valence-electron chi connectivity index (χ4n) is 3.35. The van der Waals surface area contributed by atoms with Gasteiger partial charge in [0.2, 0.25) is 0 Å². The summed E-state index contributed by atoms with van der Waals surface area (Å²) >= 11 is 0. The van der Waals surface area contributed by atoms with Gasteiger partial charge in [-0.05, 0) is 84.8 Å². The molecule has 5 nitrogen and oxygen atoms in total. The number of hydrogen-bond acceptors (Lipinski definition) is 4. The molecule has 1 aliphatic carbocycles. The van der Waals surface area contributed by atoms with E-state index in [0.717, 1.165) is 44.7 Å². The Balaban J connectivity index is 1.60. The monoisotopic (exact) mass is 311 g/mol. The first kappa shape index (κ1) is 17.5. The third-order valence-electron chi connectivity index (χ3n) is 4.54. The van der Waals surface area contributed by atoms with Gasteiger partial charge >= 0.3 is 6.09 Å². The Bertz CT molecular complexity index is 340. The molecule has 1 unspecified atom stereocenters. The summed E-state index contributed by atoms with van der Waals surface area (Å²) in [5.74, 6) is 0.784. The van der Waals surface area contributed by atoms with Crippen LogP contribution in [0.1, 0.15) is 59.3 Å². The highest BCUT2D eigenvalue weighted by atomic mass is 16.6. The molecule has 0 radical (unpaired) electrons. The minimum absolute atomic E-state index is 0.268. The molecule has 2 rings (SSSR count). The number of carbonyl (C=O) groups excluding carboxylic acids is 1. The van der Waals surface area contributed by atoms with E-state index in [2.05, 4.69) is 16.0 Å². The second kappa shape index (κ2) is 8.16. The molecule has 0 aromatic carbocycles. The molecule has 1 atom stereocenters. The average molecular weight is 311 g/mol. The van der Waals surface area contributed by atoms with Crippen LogP contribution in [0.2, 0.25) is 0 Å². The van der Waals surface area contributed by atoms with Gasteiger partial charge in [0.05, 0.1) is 0 Å². The van der Waals surface area contributed by atoms with Crippen LogP contribution < -0.4 is 16.0 Å². The molecule has 3 N–H and O–H groups in total. The number of rotatable bonds is 4. The third kappa shape index (κ3) is 6.53. The highest BCUT2D eigenvalue weighted by Crippen LogP contribution is 2.20. The third-order valence-corrected chi connectivity index (χ3v) is 4.54. The fraction of sp³-hybridized carbons (Fsp3) is 0.941. The summed E-state index contributed by atoms with van der Waals surface area (Å²) < 4.78 is 5.32. The maximum absolute atomic E-state index is 11.8. The highest BCUT2D eigenvalue weighted by Gasteiger charge is 2.25. The van der Waals surface area contributed by atoms with Crippen LogP contribution in [0.4, 0.5) is 4.79 Å². The van der Waals surface area contributed by atoms with Crippen LogP contribution >= 0.6 is 0 Å². The number of nitrogens with one attached hydrogen (secondary N) is 3. The van der Waals surface area contributed by atoms with E-state index in [1.807, 2.05) is 20.8 Å². The van der Waals surface area contributed by atoms with Crippen molar-refractivity contribution >= 4 is 6.09 Å². The van der Waals surface area contributed by atoms with Gasteiger partial charge in [0.15, 0.2) is 0 Å². The molecule has 1 saturated carbocycles. The molecule has 0 spiro atoms. The first-order valence-corrected chi connectivity index (χ1v) is 8.86. The van der Waals surface area contributed by atoms with Crippen LogP contribution in [0.3, 0.4) is 0 Å². The zero-order valence-electron chi connectivity index (χ0n) is 14.4. The number of carbonyl (C=O) groups is 1. The molecule has 0 aromatic heterocycles. The number of amides is 1. The minimum atomic E-state index is -0.420. The van der Waals surface area contributed by atoms with Gasteiger partial charge < -0.3 is 20.7 Å². The molecule has 2 aliphatic rings. The van der Waals surface area contributed by atoms with Crippen molar-refractivity contribution in [3.8, 4) is 0 Å². The minimum Gasteiger partial charge on any atom is -0.444 e. The van der Waals surface area contributed by atoms with Crippen molar-refractivity contribution in [1.29, 1.82) is 0 Å². The van der Waals surface area contributed by atoms with Crippen molar-refractivity contribution < 1.29 is 9.53 Å². The zero-order valence-corrected chi connectivity index (χ0v) is 14.4. The largest absolute Gasteiger partial charge is 0.444 e. The van der Waals surface area contributed by atoms with Crippen molar-refractivity contribution in [2.75, 3.05) is 19.6 Å². The van der Waals surface area contributed by atoms with Gasteiger partial charge in [-0.15, -0.1) is 0 Å². The number of hydrogen-bond donors (Lipinski definition) is 3. The summed E-state index contributed by atoms with van der Waals surface area (Å²) in [7, 11) is 0. The molecular weight excluding hydrogens is 278 g/mol. The van der Waals surface area contributed by atoms with Crippen LogP contribution in [-0.2, 0) is 4.74 Å². The Morgan fingerprint density at radius 1 is 1.14 bits per heavy atom. The number of ether oxygens (including phenoxy) is 1. The molecule has 128 valence electrons. The summed E-state index contributed by atoms with van der Waals surface area (Å²) in [6, 6.07) is 0.878. The van der Waals surface area contributed by atoms with Crippen LogP contribution in [0.15, 0.2) is 0 Å². The van der Waals surface area contributed by atoms with Gasteiger partial charge in [-0.25, -0.2) is 4.79 Å². The second-order valence-electron chi connectivity index (χ2n) is 7.82. The normalized spacial score (nSPS) is 29.9. The van der Waals surface area contributed by atoms with E-state index in [1.165, 1.54) is 19.4 Å². The Labute approximate surface area is 134 Å². The number of alkyl carbamates (subject to hydrolysis) is 1. The van der Waals surface area contributed by atoms with Crippen LogP contribution in [0.5, 0.6) is 0 Å². The van der Waals surface area contributed by atoms with Crippen molar-refractivity contribution in [3.63, 3.8) is 0 Å². The van der Waals surface area contributed by atoms with E-state index in [9.17, 15) is 4.79 Å². The van der Waals surface area contributed by atoms with Gasteiger partial charge in [-0.1, -0.05) is 0 Å². The lowest BCUT2D eigenvalue weighted by Gasteiger charge is -2.32. The lowest BCUT2D eigenvalue weighted by atomic mass is 9.90. The van der Waals surface area contributed by atoms with Crippen molar-refractivity contribution in [2.45, 2.75) is 77.0 Å². The van der Waals surface area contributed by atoms with E-state index >= 15 is 0 Å². The molecule has 5 heteroatoms. The van der Waals surface area contributed by atoms with E-state index in [1.54, 1.807) is 0 Å². The molecule has 1 aliphatic heterocycles. The average Bonchev–Trinajstić information content (AvgIpc) is 2.45. The van der Waals surface area contributed by atoms with Gasteiger partial charge in [-0.2, -0.15) is 0 Å². The summed E-state index contributed by atoms with van der Waals surface area (Å²) in [5.41, 5.74) is -0.420. The summed E-state index contributed by atoms with van der Waals surface area (Å²) in [5, 5.41) is 10.2. The first-order valence-electron chi connectivity index (χ1n) is 8.86. The van der Waals surface area contributed by atoms with E-state index in [0.29, 0.717) is 6.04 Å². The van der Waals surface area contributed by atoms with E-state index in [-0.39, 0.29) is 12.1 Å². The lowest BCUT2D eigenvalue weighted by Crippen LogP contribution is -2.45. The predicted octanol–water partition coefficient (Wildman–Crippen LogP) is 2.41. The lowest BCUT2D eigenvalue weighted by molar-refractivity contribution is 0.0489. The van der Waals surface area contributed by atoms with Crippen LogP contribution in [-0.4, -0.2) is 43.4 Å². The fourth-order valence-corrected chi connectivity index (χ4v) is 3.35. The first-order chi connectivity index (χ1) is 10.4. The van der Waals surface area contributed by atoms with Crippen LogP contribution in [0.25, 0.3) is 0 Å². The zero-order chi connectivity index (χ0) is 16.0. The smallest absolute Gasteiger partial charge is 0.407 e. The summed E-state index contributed by atoms with van der Waals surface area (Å²) in [6.07, 6.45) is 6.73. The highest BCUT2D eigenvalue weighted by molar-refractivity contribution is 5.68. The van der Waals surface area contributed by atoms with Crippen LogP contribution in [0, 0.1) is 5.92 Å². The Morgan fingerprint density at radius 2 is 1.82 bits per heavy atom. The Kier molecular flexibility index (Phi) is 6.50. The maximum Gasteiger partial charge on any atom is 0.407 e. The number of piperidine rings is 1. The molecule has 22 heavy (non-hydrogen) atoms. The quantitative estimate of drug-likeness (QED) is 0.746. The maximum atomic E-state index is 11.8. The van der Waals surface area contributed by atoms with Gasteiger partial charge in [-0.3, -0.25) is 0 Å². The van der Waals surface area contributed by atoms with Gasteiger partial charge in [0, 0.05) is 12.1 Å².